The first-order valence-electron chi connectivity index (χ1n) is 6.64. The lowest BCUT2D eigenvalue weighted by atomic mass is 9.97. The van der Waals surface area contributed by atoms with Crippen LogP contribution in [0.1, 0.15) is 11.6 Å². The molecule has 1 N–H and O–H groups in total. The summed E-state index contributed by atoms with van der Waals surface area (Å²) >= 11 is 0. The number of hydrogen-bond acceptors (Lipinski definition) is 3. The minimum Gasteiger partial charge on any atom is -0.314 e. The highest BCUT2D eigenvalue weighted by atomic mass is 19.1. The lowest BCUT2D eigenvalue weighted by Crippen LogP contribution is -2.61. The molecule has 2 saturated heterocycles. The van der Waals surface area contributed by atoms with E-state index in [0.29, 0.717) is 12.1 Å². The zero-order chi connectivity index (χ0) is 12.5. The van der Waals surface area contributed by atoms with Crippen molar-refractivity contribution < 1.29 is 4.39 Å². The Bertz CT molecular complexity index is 423. The van der Waals surface area contributed by atoms with Gasteiger partial charge in [-0.15, -0.1) is 0 Å². The minimum absolute atomic E-state index is 0.132. The number of fused-ring (bicyclic) bond motifs is 1. The van der Waals surface area contributed by atoms with E-state index in [1.807, 2.05) is 12.1 Å². The Morgan fingerprint density at radius 2 is 2.22 bits per heavy atom. The number of piperazine rings is 2. The summed E-state index contributed by atoms with van der Waals surface area (Å²) in [5.41, 5.74) is 1.11. The number of rotatable bonds is 1. The van der Waals surface area contributed by atoms with E-state index < -0.39 is 0 Å². The first-order valence-corrected chi connectivity index (χ1v) is 6.64. The molecule has 2 heterocycles. The molecule has 0 radical (unpaired) electrons. The fourth-order valence-corrected chi connectivity index (χ4v) is 3.20. The molecule has 3 rings (SSSR count). The van der Waals surface area contributed by atoms with Gasteiger partial charge < -0.3 is 10.2 Å². The van der Waals surface area contributed by atoms with Crippen molar-refractivity contribution in [1.29, 1.82) is 0 Å². The second kappa shape index (κ2) is 4.96. The smallest absolute Gasteiger partial charge is 0.123 e. The van der Waals surface area contributed by atoms with Crippen molar-refractivity contribution in [3.63, 3.8) is 0 Å². The molecule has 1 aromatic carbocycles. The summed E-state index contributed by atoms with van der Waals surface area (Å²) in [5, 5.41) is 3.45. The molecule has 98 valence electrons. The Balaban J connectivity index is 1.88. The van der Waals surface area contributed by atoms with Crippen LogP contribution in [-0.2, 0) is 0 Å². The van der Waals surface area contributed by atoms with Gasteiger partial charge in [0.1, 0.15) is 5.82 Å². The van der Waals surface area contributed by atoms with Crippen LogP contribution in [0.25, 0.3) is 0 Å². The third-order valence-electron chi connectivity index (χ3n) is 4.04. The Hall–Kier alpha value is -0.970. The average Bonchev–Trinajstić information content (AvgIpc) is 2.37. The van der Waals surface area contributed by atoms with Crippen molar-refractivity contribution in [2.45, 2.75) is 12.1 Å². The summed E-state index contributed by atoms with van der Waals surface area (Å²) in [6.07, 6.45) is 0. The number of halogens is 1. The molecule has 18 heavy (non-hydrogen) atoms. The molecule has 0 saturated carbocycles. The SMILES string of the molecule is CN1CC2CNCCN2C(c2cccc(F)c2)C1. The maximum Gasteiger partial charge on any atom is 0.123 e. The zero-order valence-corrected chi connectivity index (χ0v) is 10.8. The predicted molar refractivity (Wildman–Crippen MR) is 70.0 cm³/mol. The van der Waals surface area contributed by atoms with Gasteiger partial charge in [-0.25, -0.2) is 4.39 Å². The highest BCUT2D eigenvalue weighted by Crippen LogP contribution is 2.29. The number of nitrogens with zero attached hydrogens (tertiary/aromatic N) is 2. The molecule has 2 atom stereocenters. The van der Waals surface area contributed by atoms with E-state index >= 15 is 0 Å². The van der Waals surface area contributed by atoms with E-state index in [1.165, 1.54) is 6.07 Å². The van der Waals surface area contributed by atoms with Crippen molar-refractivity contribution in [1.82, 2.24) is 15.1 Å². The summed E-state index contributed by atoms with van der Waals surface area (Å²) < 4.78 is 13.4. The van der Waals surface area contributed by atoms with Crippen molar-refractivity contribution >= 4 is 0 Å². The van der Waals surface area contributed by atoms with Crippen molar-refractivity contribution in [3.8, 4) is 0 Å². The molecule has 4 heteroatoms. The number of likely N-dealkylation sites (N-methyl/N-ethyl adjacent to an activating group) is 1. The Kier molecular flexibility index (Phi) is 3.33. The number of nitrogens with one attached hydrogen (secondary N) is 1. The van der Waals surface area contributed by atoms with E-state index in [2.05, 4.69) is 22.2 Å². The third kappa shape index (κ3) is 2.28. The van der Waals surface area contributed by atoms with Gasteiger partial charge in [-0.1, -0.05) is 12.1 Å². The van der Waals surface area contributed by atoms with E-state index in [-0.39, 0.29) is 5.82 Å². The average molecular weight is 249 g/mol. The van der Waals surface area contributed by atoms with Crippen molar-refractivity contribution in [2.24, 2.45) is 0 Å². The molecule has 0 spiro atoms. The fraction of sp³-hybridized carbons (Fsp3) is 0.571. The molecule has 0 amide bonds. The normalized spacial score (nSPS) is 30.1. The van der Waals surface area contributed by atoms with Gasteiger partial charge in [0.2, 0.25) is 0 Å². The van der Waals surface area contributed by atoms with E-state index in [0.717, 1.165) is 38.3 Å². The Morgan fingerprint density at radius 3 is 3.06 bits per heavy atom. The van der Waals surface area contributed by atoms with Gasteiger partial charge in [0.25, 0.3) is 0 Å². The highest BCUT2D eigenvalue weighted by Gasteiger charge is 2.35. The summed E-state index contributed by atoms with van der Waals surface area (Å²) in [6, 6.07) is 7.94. The third-order valence-corrected chi connectivity index (χ3v) is 4.04. The first kappa shape index (κ1) is 12.1. The molecule has 1 aromatic rings. The van der Waals surface area contributed by atoms with Crippen molar-refractivity contribution in [3.05, 3.63) is 35.6 Å². The van der Waals surface area contributed by atoms with E-state index in [1.54, 1.807) is 6.07 Å². The predicted octanol–water partition coefficient (Wildman–Crippen LogP) is 1.09. The summed E-state index contributed by atoms with van der Waals surface area (Å²) in [5.74, 6) is -0.132. The first-order chi connectivity index (χ1) is 8.74. The fourth-order valence-electron chi connectivity index (χ4n) is 3.20. The van der Waals surface area contributed by atoms with Crippen LogP contribution in [0, 0.1) is 5.82 Å². The van der Waals surface area contributed by atoms with E-state index in [4.69, 9.17) is 0 Å². The second-order valence-corrected chi connectivity index (χ2v) is 5.39. The largest absolute Gasteiger partial charge is 0.314 e. The van der Waals surface area contributed by atoms with Gasteiger partial charge in [-0.05, 0) is 24.7 Å². The lowest BCUT2D eigenvalue weighted by molar-refractivity contribution is 0.0193. The zero-order valence-electron chi connectivity index (χ0n) is 10.8. The monoisotopic (exact) mass is 249 g/mol. The van der Waals surface area contributed by atoms with Gasteiger partial charge >= 0.3 is 0 Å². The maximum atomic E-state index is 13.4. The minimum atomic E-state index is -0.132. The topological polar surface area (TPSA) is 18.5 Å². The number of benzene rings is 1. The van der Waals surface area contributed by atoms with Gasteiger partial charge in [0.15, 0.2) is 0 Å². The summed E-state index contributed by atoms with van der Waals surface area (Å²) in [7, 11) is 2.15. The molecular weight excluding hydrogens is 229 g/mol. The summed E-state index contributed by atoms with van der Waals surface area (Å²) in [4.78, 5) is 4.88. The van der Waals surface area contributed by atoms with Crippen LogP contribution in [0.2, 0.25) is 0 Å². The lowest BCUT2D eigenvalue weighted by Gasteiger charge is -2.48. The van der Waals surface area contributed by atoms with Gasteiger partial charge in [0, 0.05) is 44.8 Å². The van der Waals surface area contributed by atoms with Crippen LogP contribution in [0.15, 0.2) is 24.3 Å². The van der Waals surface area contributed by atoms with Crippen molar-refractivity contribution in [2.75, 3.05) is 39.8 Å². The van der Waals surface area contributed by atoms with Crippen LogP contribution in [0.3, 0.4) is 0 Å². The molecule has 2 fully saturated rings. The van der Waals surface area contributed by atoms with Gasteiger partial charge in [-0.3, -0.25) is 4.90 Å². The molecule has 0 aliphatic carbocycles. The molecule has 2 aliphatic heterocycles. The highest BCUT2D eigenvalue weighted by molar-refractivity contribution is 5.22. The molecule has 0 bridgehead atoms. The van der Waals surface area contributed by atoms with Crippen LogP contribution in [0.4, 0.5) is 4.39 Å². The molecule has 2 unspecified atom stereocenters. The van der Waals surface area contributed by atoms with Crippen LogP contribution >= 0.6 is 0 Å². The molecular formula is C14H20FN3. The molecule has 0 aromatic heterocycles. The molecule has 3 nitrogen and oxygen atoms in total. The van der Waals surface area contributed by atoms with E-state index in [9.17, 15) is 4.39 Å². The van der Waals surface area contributed by atoms with Gasteiger partial charge in [0.05, 0.1) is 0 Å². The quantitative estimate of drug-likeness (QED) is 0.803. The maximum absolute atomic E-state index is 13.4. The second-order valence-electron chi connectivity index (χ2n) is 5.39. The Labute approximate surface area is 108 Å². The van der Waals surface area contributed by atoms with Crippen LogP contribution in [-0.4, -0.2) is 55.6 Å². The van der Waals surface area contributed by atoms with Gasteiger partial charge in [-0.2, -0.15) is 0 Å². The van der Waals surface area contributed by atoms with Crippen LogP contribution < -0.4 is 5.32 Å². The van der Waals surface area contributed by atoms with Crippen LogP contribution in [0.5, 0.6) is 0 Å². The Morgan fingerprint density at radius 1 is 1.33 bits per heavy atom. The molecule has 2 aliphatic rings. The number of hydrogen-bond donors (Lipinski definition) is 1. The standard InChI is InChI=1S/C14H20FN3/c1-17-9-13-8-16-5-6-18(13)14(10-17)11-3-2-4-12(15)7-11/h2-4,7,13-14,16H,5-6,8-10H2,1H3. The summed E-state index contributed by atoms with van der Waals surface area (Å²) in [6.45, 7) is 5.21.